The molecule has 7 heteroatoms. The van der Waals surface area contributed by atoms with Gasteiger partial charge in [0.15, 0.2) is 0 Å². The molecule has 1 rings (SSSR count). The van der Waals surface area contributed by atoms with Gasteiger partial charge in [0.25, 0.3) is 0 Å². The van der Waals surface area contributed by atoms with Crippen LogP contribution in [0.4, 0.5) is 13.2 Å². The number of rotatable bonds is 1. The molecule has 0 saturated carbocycles. The second kappa shape index (κ2) is 5.81. The van der Waals surface area contributed by atoms with E-state index in [9.17, 15) is 13.2 Å². The van der Waals surface area contributed by atoms with E-state index in [1.54, 1.807) is 4.90 Å². The van der Waals surface area contributed by atoms with Crippen molar-refractivity contribution in [3.05, 3.63) is 11.8 Å². The minimum absolute atomic E-state index is 0.232. The summed E-state index contributed by atoms with van der Waals surface area (Å²) < 4.78 is 36.7. The first-order chi connectivity index (χ1) is 7.95. The molecule has 96 valence electrons. The predicted molar refractivity (Wildman–Crippen MR) is 61.2 cm³/mol. The van der Waals surface area contributed by atoms with Crippen molar-refractivity contribution >= 4 is 12.7 Å². The zero-order chi connectivity index (χ0) is 12.9. The lowest BCUT2D eigenvalue weighted by molar-refractivity contribution is -0.0914. The highest BCUT2D eigenvalue weighted by Gasteiger charge is 2.30. The number of piperazine rings is 1. The Hall–Kier alpha value is -1.37. The normalized spacial score (nSPS) is 19.4. The highest BCUT2D eigenvalue weighted by molar-refractivity contribution is 5.84. The van der Waals surface area contributed by atoms with Crippen LogP contribution in [0.5, 0.6) is 0 Å². The fourth-order valence-corrected chi connectivity index (χ4v) is 1.32. The monoisotopic (exact) mass is 248 g/mol. The van der Waals surface area contributed by atoms with Crippen LogP contribution in [0.25, 0.3) is 0 Å². The summed E-state index contributed by atoms with van der Waals surface area (Å²) in [6.07, 6.45) is -3.56. The Labute approximate surface area is 97.9 Å². The zero-order valence-corrected chi connectivity index (χ0v) is 9.59. The van der Waals surface area contributed by atoms with Gasteiger partial charge < -0.3 is 10.2 Å². The number of aliphatic imine (C=N–C) groups is 2. The van der Waals surface area contributed by atoms with Crippen LogP contribution in [-0.4, -0.2) is 49.9 Å². The molecule has 1 N–H and O–H groups in total. The molecule has 1 fully saturated rings. The summed E-state index contributed by atoms with van der Waals surface area (Å²) in [6.45, 7) is 7.14. The molecule has 0 aliphatic carbocycles. The standard InChI is InChI=1S/C10H15F3N4/c1-8(10(11,12)13)7-16-9(14-2)17-5-3-15-4-6-17/h7,15H,2-6H2,1H3/b8-7+,16-9?. The van der Waals surface area contributed by atoms with Crippen molar-refractivity contribution in [1.82, 2.24) is 10.2 Å². The van der Waals surface area contributed by atoms with E-state index in [1.807, 2.05) is 0 Å². The summed E-state index contributed by atoms with van der Waals surface area (Å²) >= 11 is 0. The summed E-state index contributed by atoms with van der Waals surface area (Å²) in [5.74, 6) is 0.232. The minimum atomic E-state index is -4.35. The van der Waals surface area contributed by atoms with Gasteiger partial charge in [0.2, 0.25) is 5.96 Å². The van der Waals surface area contributed by atoms with E-state index in [4.69, 9.17) is 0 Å². The maximum absolute atomic E-state index is 12.2. The highest BCUT2D eigenvalue weighted by Crippen LogP contribution is 2.24. The molecule has 0 atom stereocenters. The smallest absolute Gasteiger partial charge is 0.338 e. The molecule has 0 aromatic heterocycles. The van der Waals surface area contributed by atoms with Crippen LogP contribution >= 0.6 is 0 Å². The molecule has 0 aromatic carbocycles. The van der Waals surface area contributed by atoms with Crippen LogP contribution in [-0.2, 0) is 0 Å². The molecular formula is C10H15F3N4. The number of nitrogens with zero attached hydrogens (tertiary/aromatic N) is 3. The Bertz CT molecular complexity index is 327. The zero-order valence-electron chi connectivity index (χ0n) is 9.59. The second-order valence-corrected chi connectivity index (χ2v) is 3.63. The summed E-state index contributed by atoms with van der Waals surface area (Å²) in [5.41, 5.74) is -0.756. The van der Waals surface area contributed by atoms with E-state index in [-0.39, 0.29) is 5.96 Å². The lowest BCUT2D eigenvalue weighted by Gasteiger charge is -2.27. The van der Waals surface area contributed by atoms with Crippen LogP contribution in [0, 0.1) is 0 Å². The molecule has 1 saturated heterocycles. The Morgan fingerprint density at radius 2 is 1.94 bits per heavy atom. The minimum Gasteiger partial charge on any atom is -0.338 e. The molecule has 17 heavy (non-hydrogen) atoms. The van der Waals surface area contributed by atoms with Gasteiger partial charge in [-0.3, -0.25) is 0 Å². The Kier molecular flexibility index (Phi) is 4.68. The molecule has 0 radical (unpaired) electrons. The average Bonchev–Trinajstić information content (AvgIpc) is 2.29. The SMILES string of the molecule is C=NC(=N/C=C(\C)C(F)(F)F)N1CCNCC1. The molecule has 4 nitrogen and oxygen atoms in total. The van der Waals surface area contributed by atoms with Crippen LogP contribution in [0.3, 0.4) is 0 Å². The van der Waals surface area contributed by atoms with Crippen molar-refractivity contribution in [2.24, 2.45) is 9.98 Å². The summed E-state index contributed by atoms with van der Waals surface area (Å²) in [6, 6.07) is 0. The highest BCUT2D eigenvalue weighted by atomic mass is 19.4. The van der Waals surface area contributed by atoms with Crippen molar-refractivity contribution < 1.29 is 13.2 Å². The molecule has 0 unspecified atom stereocenters. The average molecular weight is 248 g/mol. The largest absolute Gasteiger partial charge is 0.413 e. The first kappa shape index (κ1) is 13.7. The van der Waals surface area contributed by atoms with Crippen molar-refractivity contribution in [1.29, 1.82) is 0 Å². The van der Waals surface area contributed by atoms with Gasteiger partial charge in [-0.1, -0.05) is 0 Å². The molecule has 1 aliphatic heterocycles. The maximum Gasteiger partial charge on any atom is 0.413 e. The van der Waals surface area contributed by atoms with E-state index in [0.29, 0.717) is 13.1 Å². The van der Waals surface area contributed by atoms with Gasteiger partial charge in [0.1, 0.15) is 0 Å². The number of alkyl halides is 3. The summed E-state index contributed by atoms with van der Waals surface area (Å²) in [4.78, 5) is 9.18. The first-order valence-corrected chi connectivity index (χ1v) is 5.19. The maximum atomic E-state index is 12.2. The topological polar surface area (TPSA) is 40.0 Å². The molecular weight excluding hydrogens is 233 g/mol. The third kappa shape index (κ3) is 4.18. The van der Waals surface area contributed by atoms with E-state index >= 15 is 0 Å². The lowest BCUT2D eigenvalue weighted by atomic mass is 10.3. The summed E-state index contributed by atoms with van der Waals surface area (Å²) in [7, 11) is 0. The van der Waals surface area contributed by atoms with E-state index in [1.165, 1.54) is 0 Å². The number of halogens is 3. The van der Waals surface area contributed by atoms with Crippen LogP contribution in [0.2, 0.25) is 0 Å². The van der Waals surface area contributed by atoms with Crippen LogP contribution in [0.1, 0.15) is 6.92 Å². The van der Waals surface area contributed by atoms with Gasteiger partial charge in [-0.25, -0.2) is 9.98 Å². The van der Waals surface area contributed by atoms with Gasteiger partial charge in [-0.2, -0.15) is 13.2 Å². The van der Waals surface area contributed by atoms with E-state index in [0.717, 1.165) is 26.2 Å². The van der Waals surface area contributed by atoms with Crippen LogP contribution < -0.4 is 5.32 Å². The molecule has 1 aliphatic rings. The van der Waals surface area contributed by atoms with Crippen molar-refractivity contribution in [3.63, 3.8) is 0 Å². The third-order valence-corrected chi connectivity index (χ3v) is 2.36. The van der Waals surface area contributed by atoms with E-state index < -0.39 is 11.7 Å². The van der Waals surface area contributed by atoms with E-state index in [2.05, 4.69) is 22.0 Å². The van der Waals surface area contributed by atoms with Crippen molar-refractivity contribution in [2.45, 2.75) is 13.1 Å². The number of nitrogens with one attached hydrogen (secondary N) is 1. The fourth-order valence-electron chi connectivity index (χ4n) is 1.32. The Morgan fingerprint density at radius 1 is 1.35 bits per heavy atom. The van der Waals surface area contributed by atoms with Gasteiger partial charge in [-0.05, 0) is 13.6 Å². The van der Waals surface area contributed by atoms with Gasteiger partial charge in [0.05, 0.1) is 0 Å². The van der Waals surface area contributed by atoms with Crippen molar-refractivity contribution in [2.75, 3.05) is 26.2 Å². The second-order valence-electron chi connectivity index (χ2n) is 3.63. The first-order valence-electron chi connectivity index (χ1n) is 5.19. The molecule has 0 amide bonds. The van der Waals surface area contributed by atoms with Crippen LogP contribution in [0.15, 0.2) is 21.8 Å². The lowest BCUT2D eigenvalue weighted by Crippen LogP contribution is -2.45. The Balaban J connectivity index is 2.76. The Morgan fingerprint density at radius 3 is 2.41 bits per heavy atom. The van der Waals surface area contributed by atoms with Crippen molar-refractivity contribution in [3.8, 4) is 0 Å². The third-order valence-electron chi connectivity index (χ3n) is 2.36. The molecule has 0 aromatic rings. The number of hydrogen-bond acceptors (Lipinski definition) is 2. The number of guanidine groups is 1. The summed E-state index contributed by atoms with van der Waals surface area (Å²) in [5, 5.41) is 3.13. The molecule has 0 bridgehead atoms. The van der Waals surface area contributed by atoms with Gasteiger partial charge in [-0.15, -0.1) is 0 Å². The van der Waals surface area contributed by atoms with Gasteiger partial charge >= 0.3 is 6.18 Å². The molecule has 0 spiro atoms. The quantitative estimate of drug-likeness (QED) is 0.563. The predicted octanol–water partition coefficient (Wildman–Crippen LogP) is 1.41. The fraction of sp³-hybridized carbons (Fsp3) is 0.600. The molecule has 1 heterocycles. The number of hydrogen-bond donors (Lipinski definition) is 1. The number of allylic oxidation sites excluding steroid dienone is 1. The van der Waals surface area contributed by atoms with Gasteiger partial charge in [0, 0.05) is 38.0 Å².